The van der Waals surface area contributed by atoms with E-state index in [1.54, 1.807) is 12.1 Å². The molecule has 2 heterocycles. The Hall–Kier alpha value is -1.17. The molecule has 6 heteroatoms. The number of halogens is 2. The SMILES string of the molecule is Clc1cc(Br)ccc1Oc1ncnc2ccsc12. The molecule has 0 saturated carbocycles. The third-order valence-corrected chi connectivity index (χ3v) is 3.99. The minimum absolute atomic E-state index is 0.527. The quantitative estimate of drug-likeness (QED) is 0.665. The zero-order valence-electron chi connectivity index (χ0n) is 8.93. The van der Waals surface area contributed by atoms with E-state index in [0.29, 0.717) is 16.7 Å². The lowest BCUT2D eigenvalue weighted by Crippen LogP contribution is -1.89. The molecule has 0 aliphatic rings. The van der Waals surface area contributed by atoms with Gasteiger partial charge >= 0.3 is 0 Å². The molecule has 0 aliphatic heterocycles. The number of aromatic nitrogens is 2. The van der Waals surface area contributed by atoms with E-state index in [1.807, 2.05) is 17.5 Å². The van der Waals surface area contributed by atoms with Crippen LogP contribution in [0.3, 0.4) is 0 Å². The molecule has 0 atom stereocenters. The lowest BCUT2D eigenvalue weighted by Gasteiger charge is -2.07. The molecule has 0 radical (unpaired) electrons. The van der Waals surface area contributed by atoms with Gasteiger partial charge in [0.15, 0.2) is 0 Å². The molecule has 0 unspecified atom stereocenters. The van der Waals surface area contributed by atoms with Crippen LogP contribution in [0.5, 0.6) is 11.6 Å². The van der Waals surface area contributed by atoms with Gasteiger partial charge in [0.2, 0.25) is 5.88 Å². The van der Waals surface area contributed by atoms with Crippen LogP contribution in [-0.4, -0.2) is 9.97 Å². The third-order valence-electron chi connectivity index (χ3n) is 2.31. The van der Waals surface area contributed by atoms with Crippen molar-refractivity contribution >= 4 is 49.1 Å². The fourth-order valence-electron chi connectivity index (χ4n) is 1.50. The topological polar surface area (TPSA) is 35.0 Å². The van der Waals surface area contributed by atoms with Crippen molar-refractivity contribution < 1.29 is 4.74 Å². The first-order chi connectivity index (χ1) is 8.74. The Morgan fingerprint density at radius 2 is 2.11 bits per heavy atom. The first-order valence-corrected chi connectivity index (χ1v) is 7.10. The Kier molecular flexibility index (Phi) is 3.20. The van der Waals surface area contributed by atoms with E-state index >= 15 is 0 Å². The van der Waals surface area contributed by atoms with Crippen molar-refractivity contribution in [1.82, 2.24) is 9.97 Å². The summed E-state index contributed by atoms with van der Waals surface area (Å²) < 4.78 is 7.56. The monoisotopic (exact) mass is 340 g/mol. The van der Waals surface area contributed by atoms with Gasteiger partial charge in [-0.3, -0.25) is 0 Å². The van der Waals surface area contributed by atoms with Crippen LogP contribution in [-0.2, 0) is 0 Å². The van der Waals surface area contributed by atoms with Gasteiger partial charge in [-0.2, -0.15) is 0 Å². The first kappa shape index (κ1) is 11.9. The van der Waals surface area contributed by atoms with Gasteiger partial charge in [0.1, 0.15) is 16.8 Å². The Morgan fingerprint density at radius 3 is 2.94 bits per heavy atom. The number of rotatable bonds is 2. The molecule has 1 aromatic carbocycles. The van der Waals surface area contributed by atoms with Crippen LogP contribution in [0, 0.1) is 0 Å². The van der Waals surface area contributed by atoms with Gasteiger partial charge in [0, 0.05) is 4.47 Å². The van der Waals surface area contributed by atoms with E-state index in [2.05, 4.69) is 25.9 Å². The Labute approximate surface area is 121 Å². The summed E-state index contributed by atoms with van der Waals surface area (Å²) in [5.41, 5.74) is 0.873. The molecule has 2 aromatic heterocycles. The summed E-state index contributed by atoms with van der Waals surface area (Å²) in [5, 5.41) is 2.49. The molecular formula is C12H6BrClN2OS. The largest absolute Gasteiger partial charge is 0.436 e. The third kappa shape index (κ3) is 2.21. The van der Waals surface area contributed by atoms with E-state index in [9.17, 15) is 0 Å². The van der Waals surface area contributed by atoms with Gasteiger partial charge < -0.3 is 4.74 Å². The van der Waals surface area contributed by atoms with Gasteiger partial charge in [0.25, 0.3) is 0 Å². The molecule has 0 spiro atoms. The molecule has 3 aromatic rings. The summed E-state index contributed by atoms with van der Waals surface area (Å²) in [6, 6.07) is 7.38. The van der Waals surface area contributed by atoms with Gasteiger partial charge in [-0.05, 0) is 29.6 Å². The van der Waals surface area contributed by atoms with Crippen molar-refractivity contribution in [2.24, 2.45) is 0 Å². The van der Waals surface area contributed by atoms with E-state index in [1.165, 1.54) is 17.7 Å². The van der Waals surface area contributed by atoms with E-state index in [0.717, 1.165) is 14.7 Å². The fourth-order valence-corrected chi connectivity index (χ4v) is 2.98. The normalized spacial score (nSPS) is 10.8. The smallest absolute Gasteiger partial charge is 0.240 e. The summed E-state index contributed by atoms with van der Waals surface area (Å²) in [5.74, 6) is 1.10. The molecule has 18 heavy (non-hydrogen) atoms. The maximum atomic E-state index is 6.11. The molecule has 3 nitrogen and oxygen atoms in total. The van der Waals surface area contributed by atoms with Gasteiger partial charge in [-0.25, -0.2) is 9.97 Å². The van der Waals surface area contributed by atoms with Crippen LogP contribution in [0.4, 0.5) is 0 Å². The van der Waals surface area contributed by atoms with Gasteiger partial charge in [-0.15, -0.1) is 11.3 Å². The van der Waals surface area contributed by atoms with E-state index < -0.39 is 0 Å². The second kappa shape index (κ2) is 4.84. The second-order valence-corrected chi connectivity index (χ2v) is 5.73. The molecule has 3 rings (SSSR count). The summed E-state index contributed by atoms with van der Waals surface area (Å²) >= 11 is 11.0. The average molecular weight is 342 g/mol. The maximum Gasteiger partial charge on any atom is 0.240 e. The number of hydrogen-bond acceptors (Lipinski definition) is 4. The summed E-state index contributed by atoms with van der Waals surface area (Å²) in [6.45, 7) is 0. The Bertz CT molecular complexity index is 716. The van der Waals surface area contributed by atoms with Gasteiger partial charge in [0.05, 0.1) is 10.5 Å². The van der Waals surface area contributed by atoms with Crippen LogP contribution >= 0.6 is 38.9 Å². The van der Waals surface area contributed by atoms with Crippen molar-refractivity contribution in [3.63, 3.8) is 0 Å². The van der Waals surface area contributed by atoms with Crippen LogP contribution in [0.25, 0.3) is 10.2 Å². The van der Waals surface area contributed by atoms with Crippen LogP contribution in [0.1, 0.15) is 0 Å². The molecule has 0 fully saturated rings. The maximum absolute atomic E-state index is 6.11. The van der Waals surface area contributed by atoms with Crippen LogP contribution in [0.2, 0.25) is 5.02 Å². The number of thiophene rings is 1. The number of ether oxygens (including phenoxy) is 1. The number of hydrogen-bond donors (Lipinski definition) is 0. The molecule has 0 N–H and O–H groups in total. The predicted molar refractivity (Wildman–Crippen MR) is 76.6 cm³/mol. The number of nitrogens with zero attached hydrogens (tertiary/aromatic N) is 2. The highest BCUT2D eigenvalue weighted by molar-refractivity contribution is 9.10. The summed E-state index contributed by atoms with van der Waals surface area (Å²) in [4.78, 5) is 8.30. The zero-order valence-corrected chi connectivity index (χ0v) is 12.1. The summed E-state index contributed by atoms with van der Waals surface area (Å²) in [6.07, 6.45) is 1.48. The number of fused-ring (bicyclic) bond motifs is 1. The predicted octanol–water partition coefficient (Wildman–Crippen LogP) is 4.90. The minimum Gasteiger partial charge on any atom is -0.436 e. The van der Waals surface area contributed by atoms with Crippen molar-refractivity contribution in [1.29, 1.82) is 0 Å². The van der Waals surface area contributed by atoms with Crippen molar-refractivity contribution in [2.45, 2.75) is 0 Å². The van der Waals surface area contributed by atoms with Crippen molar-refractivity contribution in [3.8, 4) is 11.6 Å². The molecule has 0 bridgehead atoms. The minimum atomic E-state index is 0.527. The average Bonchev–Trinajstić information content (AvgIpc) is 2.82. The van der Waals surface area contributed by atoms with Crippen molar-refractivity contribution in [2.75, 3.05) is 0 Å². The number of benzene rings is 1. The highest BCUT2D eigenvalue weighted by Crippen LogP contribution is 2.34. The Balaban J connectivity index is 2.03. The lowest BCUT2D eigenvalue weighted by atomic mass is 10.3. The molecule has 0 saturated heterocycles. The van der Waals surface area contributed by atoms with E-state index in [-0.39, 0.29) is 0 Å². The highest BCUT2D eigenvalue weighted by atomic mass is 79.9. The molecule has 90 valence electrons. The summed E-state index contributed by atoms with van der Waals surface area (Å²) in [7, 11) is 0. The molecule has 0 amide bonds. The second-order valence-electron chi connectivity index (χ2n) is 3.49. The van der Waals surface area contributed by atoms with Crippen molar-refractivity contribution in [3.05, 3.63) is 45.5 Å². The highest BCUT2D eigenvalue weighted by Gasteiger charge is 2.09. The fraction of sp³-hybridized carbons (Fsp3) is 0. The standard InChI is InChI=1S/C12H6BrClN2OS/c13-7-1-2-10(8(14)5-7)17-12-11-9(3-4-18-11)15-6-16-12/h1-6H. The van der Waals surface area contributed by atoms with Gasteiger partial charge in [-0.1, -0.05) is 27.5 Å². The van der Waals surface area contributed by atoms with Crippen LogP contribution < -0.4 is 4.74 Å². The zero-order chi connectivity index (χ0) is 12.5. The first-order valence-electron chi connectivity index (χ1n) is 5.05. The molecular weight excluding hydrogens is 336 g/mol. The Morgan fingerprint density at radius 1 is 1.22 bits per heavy atom. The van der Waals surface area contributed by atoms with Crippen LogP contribution in [0.15, 0.2) is 40.4 Å². The lowest BCUT2D eigenvalue weighted by molar-refractivity contribution is 0.469. The molecule has 0 aliphatic carbocycles. The van der Waals surface area contributed by atoms with E-state index in [4.69, 9.17) is 16.3 Å².